The molecule has 0 bridgehead atoms. The summed E-state index contributed by atoms with van der Waals surface area (Å²) < 4.78 is 1.99. The molecule has 13 heavy (non-hydrogen) atoms. The lowest BCUT2D eigenvalue weighted by Gasteiger charge is -1.98. The molecule has 4 heteroatoms. The number of hydrogen-bond acceptors (Lipinski definition) is 3. The van der Waals surface area contributed by atoms with E-state index in [2.05, 4.69) is 12.0 Å². The van der Waals surface area contributed by atoms with Gasteiger partial charge in [-0.1, -0.05) is 6.92 Å². The van der Waals surface area contributed by atoms with E-state index in [-0.39, 0.29) is 0 Å². The van der Waals surface area contributed by atoms with Crippen LogP contribution in [0.25, 0.3) is 0 Å². The molecule has 1 aromatic rings. The molecule has 0 aliphatic carbocycles. The Kier molecular flexibility index (Phi) is 4.32. The van der Waals surface area contributed by atoms with Crippen LogP contribution in [0.15, 0.2) is 6.20 Å². The zero-order valence-electron chi connectivity index (χ0n) is 8.29. The predicted octanol–water partition coefficient (Wildman–Crippen LogP) is 1.40. The van der Waals surface area contributed by atoms with Crippen molar-refractivity contribution in [3.05, 3.63) is 17.5 Å². The van der Waals surface area contributed by atoms with Gasteiger partial charge in [0.25, 0.3) is 0 Å². The number of thioether (sulfide) groups is 1. The molecule has 0 radical (unpaired) electrons. The van der Waals surface area contributed by atoms with E-state index in [1.54, 1.807) is 0 Å². The standard InChI is InChI=1S/C9H17N3S/c1-3-13-5-4-12-7-9(6-10)8(2)11-12/h7H,3-6,10H2,1-2H3. The lowest BCUT2D eigenvalue weighted by atomic mass is 10.3. The van der Waals surface area contributed by atoms with Gasteiger partial charge >= 0.3 is 0 Å². The number of aryl methyl sites for hydroxylation is 2. The molecule has 0 aliphatic heterocycles. The molecule has 74 valence electrons. The van der Waals surface area contributed by atoms with Crippen molar-refractivity contribution in [3.8, 4) is 0 Å². The van der Waals surface area contributed by atoms with Crippen molar-refractivity contribution in [1.82, 2.24) is 9.78 Å². The first kappa shape index (κ1) is 10.6. The zero-order valence-corrected chi connectivity index (χ0v) is 9.10. The number of nitrogens with zero attached hydrogens (tertiary/aromatic N) is 2. The molecule has 0 saturated heterocycles. The number of aromatic nitrogens is 2. The van der Waals surface area contributed by atoms with Crippen LogP contribution in [0, 0.1) is 6.92 Å². The highest BCUT2D eigenvalue weighted by Gasteiger charge is 2.01. The molecule has 0 amide bonds. The number of nitrogens with two attached hydrogens (primary N) is 1. The van der Waals surface area contributed by atoms with Gasteiger partial charge in [0.15, 0.2) is 0 Å². The summed E-state index contributed by atoms with van der Waals surface area (Å²) in [7, 11) is 0. The van der Waals surface area contributed by atoms with Crippen molar-refractivity contribution in [2.24, 2.45) is 5.73 Å². The lowest BCUT2D eigenvalue weighted by Crippen LogP contribution is -2.01. The molecule has 0 spiro atoms. The second kappa shape index (κ2) is 5.29. The summed E-state index contributed by atoms with van der Waals surface area (Å²) in [6, 6.07) is 0. The van der Waals surface area contributed by atoms with Crippen molar-refractivity contribution < 1.29 is 0 Å². The molecule has 0 unspecified atom stereocenters. The van der Waals surface area contributed by atoms with Crippen LogP contribution in [-0.2, 0) is 13.1 Å². The Hall–Kier alpha value is -0.480. The third kappa shape index (κ3) is 3.04. The largest absolute Gasteiger partial charge is 0.326 e. The third-order valence-corrected chi connectivity index (χ3v) is 2.82. The minimum absolute atomic E-state index is 0.590. The average Bonchev–Trinajstić information content (AvgIpc) is 2.47. The van der Waals surface area contributed by atoms with Gasteiger partial charge in [-0.05, 0) is 12.7 Å². The maximum Gasteiger partial charge on any atom is 0.0638 e. The van der Waals surface area contributed by atoms with Gasteiger partial charge in [0, 0.05) is 30.6 Å². The minimum Gasteiger partial charge on any atom is -0.326 e. The van der Waals surface area contributed by atoms with E-state index in [0.717, 1.165) is 23.6 Å². The van der Waals surface area contributed by atoms with Gasteiger partial charge in [0.05, 0.1) is 5.69 Å². The predicted molar refractivity (Wildman–Crippen MR) is 57.9 cm³/mol. The van der Waals surface area contributed by atoms with Crippen LogP contribution in [0.1, 0.15) is 18.2 Å². The highest BCUT2D eigenvalue weighted by atomic mass is 32.2. The Morgan fingerprint density at radius 2 is 2.38 bits per heavy atom. The van der Waals surface area contributed by atoms with Crippen LogP contribution < -0.4 is 5.73 Å². The summed E-state index contributed by atoms with van der Waals surface area (Å²) in [4.78, 5) is 0. The van der Waals surface area contributed by atoms with Gasteiger partial charge in [-0.3, -0.25) is 4.68 Å². The Morgan fingerprint density at radius 1 is 1.62 bits per heavy atom. The molecule has 1 aromatic heterocycles. The smallest absolute Gasteiger partial charge is 0.0638 e. The average molecular weight is 199 g/mol. The molecule has 3 nitrogen and oxygen atoms in total. The topological polar surface area (TPSA) is 43.8 Å². The first-order valence-corrected chi connectivity index (χ1v) is 5.74. The molecular weight excluding hydrogens is 182 g/mol. The van der Waals surface area contributed by atoms with E-state index in [4.69, 9.17) is 5.73 Å². The van der Waals surface area contributed by atoms with Gasteiger partial charge in [0.1, 0.15) is 0 Å². The minimum atomic E-state index is 0.590. The second-order valence-electron chi connectivity index (χ2n) is 2.90. The molecule has 1 rings (SSSR count). The Bertz CT molecular complexity index is 257. The fourth-order valence-electron chi connectivity index (χ4n) is 1.18. The van der Waals surface area contributed by atoms with Crippen molar-refractivity contribution in [3.63, 3.8) is 0 Å². The Balaban J connectivity index is 2.48. The first-order valence-electron chi connectivity index (χ1n) is 4.58. The van der Waals surface area contributed by atoms with Crippen molar-refractivity contribution in [1.29, 1.82) is 0 Å². The lowest BCUT2D eigenvalue weighted by molar-refractivity contribution is 0.659. The fraction of sp³-hybridized carbons (Fsp3) is 0.667. The van der Waals surface area contributed by atoms with Crippen molar-refractivity contribution >= 4 is 11.8 Å². The molecular formula is C9H17N3S. The summed E-state index contributed by atoms with van der Waals surface area (Å²) >= 11 is 1.93. The molecule has 0 aliphatic rings. The van der Waals surface area contributed by atoms with Crippen molar-refractivity contribution in [2.75, 3.05) is 11.5 Å². The Labute approximate surface area is 83.7 Å². The quantitative estimate of drug-likeness (QED) is 0.729. The molecule has 0 atom stereocenters. The first-order chi connectivity index (χ1) is 6.27. The van der Waals surface area contributed by atoms with Crippen molar-refractivity contribution in [2.45, 2.75) is 26.9 Å². The van der Waals surface area contributed by atoms with Crippen LogP contribution >= 0.6 is 11.8 Å². The Morgan fingerprint density at radius 3 is 2.92 bits per heavy atom. The SMILES string of the molecule is CCSCCn1cc(CN)c(C)n1. The van der Waals surface area contributed by atoms with Crippen LogP contribution in [0.4, 0.5) is 0 Å². The van der Waals surface area contributed by atoms with Gasteiger partial charge in [-0.2, -0.15) is 16.9 Å². The fourth-order valence-corrected chi connectivity index (χ4v) is 1.78. The summed E-state index contributed by atoms with van der Waals surface area (Å²) in [5.74, 6) is 2.30. The molecule has 0 aromatic carbocycles. The van der Waals surface area contributed by atoms with Gasteiger partial charge in [-0.15, -0.1) is 0 Å². The third-order valence-electron chi connectivity index (χ3n) is 1.94. The summed E-state index contributed by atoms with van der Waals surface area (Å²) in [5, 5.41) is 4.38. The van der Waals surface area contributed by atoms with Gasteiger partial charge < -0.3 is 5.73 Å². The number of rotatable bonds is 5. The molecule has 1 heterocycles. The van der Waals surface area contributed by atoms with Crippen LogP contribution in [0.3, 0.4) is 0 Å². The highest BCUT2D eigenvalue weighted by molar-refractivity contribution is 7.99. The maximum absolute atomic E-state index is 5.56. The number of hydrogen-bond donors (Lipinski definition) is 1. The van der Waals surface area contributed by atoms with Crippen LogP contribution in [-0.4, -0.2) is 21.3 Å². The van der Waals surface area contributed by atoms with E-state index in [0.29, 0.717) is 6.54 Å². The molecule has 0 saturated carbocycles. The summed E-state index contributed by atoms with van der Waals surface area (Å²) in [6.45, 7) is 5.75. The molecule has 0 fully saturated rings. The van der Waals surface area contributed by atoms with E-state index in [1.165, 1.54) is 5.75 Å². The monoisotopic (exact) mass is 199 g/mol. The van der Waals surface area contributed by atoms with Crippen LogP contribution in [0.2, 0.25) is 0 Å². The van der Waals surface area contributed by atoms with E-state index < -0.39 is 0 Å². The van der Waals surface area contributed by atoms with E-state index >= 15 is 0 Å². The summed E-state index contributed by atoms with van der Waals surface area (Å²) in [5.41, 5.74) is 7.77. The van der Waals surface area contributed by atoms with Crippen LogP contribution in [0.5, 0.6) is 0 Å². The van der Waals surface area contributed by atoms with Gasteiger partial charge in [-0.25, -0.2) is 0 Å². The molecule has 2 N–H and O–H groups in total. The highest BCUT2D eigenvalue weighted by Crippen LogP contribution is 2.06. The second-order valence-corrected chi connectivity index (χ2v) is 4.30. The van der Waals surface area contributed by atoms with Gasteiger partial charge in [0.2, 0.25) is 0 Å². The zero-order chi connectivity index (χ0) is 9.68. The summed E-state index contributed by atoms with van der Waals surface area (Å²) in [6.07, 6.45) is 2.05. The van der Waals surface area contributed by atoms with E-state index in [9.17, 15) is 0 Å². The normalized spacial score (nSPS) is 10.7. The van der Waals surface area contributed by atoms with E-state index in [1.807, 2.05) is 29.6 Å². The maximum atomic E-state index is 5.56.